The summed E-state index contributed by atoms with van der Waals surface area (Å²) in [6.07, 6.45) is 6.53. The summed E-state index contributed by atoms with van der Waals surface area (Å²) in [5, 5.41) is 0. The molecule has 2 atom stereocenters. The lowest BCUT2D eigenvalue weighted by Gasteiger charge is -2.27. The number of hydrogen-bond acceptors (Lipinski definition) is 2. The summed E-state index contributed by atoms with van der Waals surface area (Å²) in [4.78, 5) is 13.3. The van der Waals surface area contributed by atoms with Gasteiger partial charge in [0.2, 0.25) is 0 Å². The van der Waals surface area contributed by atoms with Gasteiger partial charge >= 0.3 is 0 Å². The lowest BCUT2D eigenvalue weighted by molar-refractivity contribution is -0.123. The number of thiophene rings is 1. The maximum atomic E-state index is 12.2. The normalized spacial score (nSPS) is 24.8. The van der Waals surface area contributed by atoms with Gasteiger partial charge in [-0.2, -0.15) is 0 Å². The van der Waals surface area contributed by atoms with Crippen LogP contribution in [0.5, 0.6) is 0 Å². The van der Waals surface area contributed by atoms with Crippen molar-refractivity contribution in [3.05, 3.63) is 21.3 Å². The zero-order chi connectivity index (χ0) is 12.3. The Morgan fingerprint density at radius 2 is 2.29 bits per heavy atom. The maximum Gasteiger partial charge on any atom is 0.141 e. The van der Waals surface area contributed by atoms with Crippen LogP contribution in [0.4, 0.5) is 0 Å². The van der Waals surface area contributed by atoms with Crippen molar-refractivity contribution in [1.82, 2.24) is 0 Å². The van der Waals surface area contributed by atoms with Crippen molar-refractivity contribution in [2.45, 2.75) is 45.4 Å². The minimum Gasteiger partial charge on any atom is -0.299 e. The van der Waals surface area contributed by atoms with Crippen molar-refractivity contribution in [2.24, 2.45) is 11.8 Å². The molecule has 0 amide bonds. The maximum absolute atomic E-state index is 12.2. The quantitative estimate of drug-likeness (QED) is 0.773. The van der Waals surface area contributed by atoms with E-state index in [0.717, 1.165) is 28.0 Å². The molecule has 0 aliphatic heterocycles. The third-order valence-corrected chi connectivity index (χ3v) is 5.02. The van der Waals surface area contributed by atoms with E-state index in [1.807, 2.05) is 12.1 Å². The molecule has 1 heterocycles. The Bertz CT molecular complexity index is 385. The van der Waals surface area contributed by atoms with Crippen LogP contribution in [0, 0.1) is 11.8 Å². The molecule has 94 valence electrons. The van der Waals surface area contributed by atoms with E-state index in [0.29, 0.717) is 18.1 Å². The SMILES string of the molecule is CCC1CCCC(C(=O)Cc2ccc(Cl)s2)C1. The van der Waals surface area contributed by atoms with E-state index in [4.69, 9.17) is 11.6 Å². The van der Waals surface area contributed by atoms with Crippen molar-refractivity contribution in [3.63, 3.8) is 0 Å². The van der Waals surface area contributed by atoms with Crippen LogP contribution in [-0.2, 0) is 11.2 Å². The molecule has 1 saturated carbocycles. The van der Waals surface area contributed by atoms with Gasteiger partial charge in [0.05, 0.1) is 4.34 Å². The van der Waals surface area contributed by atoms with Crippen molar-refractivity contribution in [1.29, 1.82) is 0 Å². The Morgan fingerprint density at radius 1 is 1.47 bits per heavy atom. The summed E-state index contributed by atoms with van der Waals surface area (Å²) in [5.41, 5.74) is 0. The monoisotopic (exact) mass is 270 g/mol. The fourth-order valence-electron chi connectivity index (χ4n) is 2.72. The Kier molecular flexibility index (Phi) is 4.63. The summed E-state index contributed by atoms with van der Waals surface area (Å²) in [6, 6.07) is 3.86. The molecule has 1 aromatic rings. The number of ketones is 1. The van der Waals surface area contributed by atoms with E-state index in [1.54, 1.807) is 0 Å². The van der Waals surface area contributed by atoms with Crippen LogP contribution in [0.1, 0.15) is 43.9 Å². The highest BCUT2D eigenvalue weighted by Crippen LogP contribution is 2.32. The first kappa shape index (κ1) is 13.1. The predicted molar refractivity (Wildman–Crippen MR) is 73.8 cm³/mol. The van der Waals surface area contributed by atoms with E-state index in [2.05, 4.69) is 6.92 Å². The molecule has 1 aromatic heterocycles. The van der Waals surface area contributed by atoms with Gasteiger partial charge in [0.15, 0.2) is 0 Å². The average Bonchev–Trinajstić information content (AvgIpc) is 2.75. The second kappa shape index (κ2) is 6.01. The zero-order valence-electron chi connectivity index (χ0n) is 10.2. The molecule has 2 unspecified atom stereocenters. The largest absolute Gasteiger partial charge is 0.299 e. The predicted octanol–water partition coefficient (Wildman–Crippen LogP) is 4.73. The topological polar surface area (TPSA) is 17.1 Å². The lowest BCUT2D eigenvalue weighted by atomic mass is 9.77. The van der Waals surface area contributed by atoms with Gasteiger partial charge in [-0.15, -0.1) is 11.3 Å². The fourth-order valence-corrected chi connectivity index (χ4v) is 3.81. The van der Waals surface area contributed by atoms with Crippen LogP contribution in [0.3, 0.4) is 0 Å². The number of carbonyl (C=O) groups is 1. The molecule has 0 saturated heterocycles. The average molecular weight is 271 g/mol. The summed E-state index contributed by atoms with van der Waals surface area (Å²) in [6.45, 7) is 2.23. The van der Waals surface area contributed by atoms with E-state index >= 15 is 0 Å². The molecule has 0 aromatic carbocycles. The number of Topliss-reactive ketones (excluding diaryl/α,β-unsaturated/α-hetero) is 1. The van der Waals surface area contributed by atoms with Gasteiger partial charge in [-0.1, -0.05) is 37.8 Å². The molecule has 1 nitrogen and oxygen atoms in total. The lowest BCUT2D eigenvalue weighted by Crippen LogP contribution is -2.23. The van der Waals surface area contributed by atoms with Gasteiger partial charge in [0.1, 0.15) is 5.78 Å². The third kappa shape index (κ3) is 3.56. The van der Waals surface area contributed by atoms with Gasteiger partial charge in [-0.3, -0.25) is 4.79 Å². The van der Waals surface area contributed by atoms with Crippen molar-refractivity contribution in [2.75, 3.05) is 0 Å². The van der Waals surface area contributed by atoms with E-state index in [-0.39, 0.29) is 0 Å². The van der Waals surface area contributed by atoms with E-state index in [9.17, 15) is 4.79 Å². The van der Waals surface area contributed by atoms with Crippen molar-refractivity contribution in [3.8, 4) is 0 Å². The van der Waals surface area contributed by atoms with Crippen LogP contribution in [0.25, 0.3) is 0 Å². The van der Waals surface area contributed by atoms with Crippen molar-refractivity contribution < 1.29 is 4.79 Å². The van der Waals surface area contributed by atoms with Crippen LogP contribution >= 0.6 is 22.9 Å². The van der Waals surface area contributed by atoms with Gasteiger partial charge in [0, 0.05) is 17.2 Å². The molecular weight excluding hydrogens is 252 g/mol. The fraction of sp³-hybridized carbons (Fsp3) is 0.643. The molecule has 17 heavy (non-hydrogen) atoms. The second-order valence-corrected chi connectivity index (χ2v) is 6.79. The van der Waals surface area contributed by atoms with Crippen LogP contribution in [-0.4, -0.2) is 5.78 Å². The Labute approximate surface area is 112 Å². The van der Waals surface area contributed by atoms with E-state index < -0.39 is 0 Å². The van der Waals surface area contributed by atoms with Crippen LogP contribution in [0.2, 0.25) is 4.34 Å². The molecule has 0 N–H and O–H groups in total. The molecule has 1 aliphatic rings. The summed E-state index contributed by atoms with van der Waals surface area (Å²) >= 11 is 7.41. The smallest absolute Gasteiger partial charge is 0.141 e. The molecule has 1 fully saturated rings. The Balaban J connectivity index is 1.91. The Hall–Kier alpha value is -0.340. The number of carbonyl (C=O) groups excluding carboxylic acids is 1. The van der Waals surface area contributed by atoms with Crippen molar-refractivity contribution >= 4 is 28.7 Å². The summed E-state index contributed by atoms with van der Waals surface area (Å²) in [5.74, 6) is 1.49. The molecule has 2 rings (SSSR count). The van der Waals surface area contributed by atoms with Gasteiger partial charge in [0.25, 0.3) is 0 Å². The Morgan fingerprint density at radius 3 is 2.94 bits per heavy atom. The number of halogens is 1. The minimum absolute atomic E-state index is 0.301. The molecule has 0 radical (unpaired) electrons. The molecular formula is C14H19ClOS. The first-order valence-corrected chi connectivity index (χ1v) is 7.65. The summed E-state index contributed by atoms with van der Waals surface area (Å²) in [7, 11) is 0. The standard InChI is InChI=1S/C14H19ClOS/c1-2-10-4-3-5-11(8-10)13(16)9-12-6-7-14(15)17-12/h6-7,10-11H,2-5,8-9H2,1H3. The van der Waals surface area contributed by atoms with E-state index in [1.165, 1.54) is 30.6 Å². The third-order valence-electron chi connectivity index (χ3n) is 3.79. The van der Waals surface area contributed by atoms with Gasteiger partial charge in [-0.25, -0.2) is 0 Å². The number of hydrogen-bond donors (Lipinski definition) is 0. The summed E-state index contributed by atoms with van der Waals surface area (Å²) < 4.78 is 0.780. The highest BCUT2D eigenvalue weighted by Gasteiger charge is 2.26. The molecule has 3 heteroatoms. The minimum atomic E-state index is 0.301. The highest BCUT2D eigenvalue weighted by molar-refractivity contribution is 7.16. The van der Waals surface area contributed by atoms with Gasteiger partial charge in [-0.05, 0) is 30.9 Å². The first-order chi connectivity index (χ1) is 8.19. The van der Waals surface area contributed by atoms with Gasteiger partial charge < -0.3 is 0 Å². The number of rotatable bonds is 4. The first-order valence-electron chi connectivity index (χ1n) is 6.46. The second-order valence-electron chi connectivity index (χ2n) is 4.99. The molecule has 1 aliphatic carbocycles. The molecule has 0 spiro atoms. The zero-order valence-corrected chi connectivity index (χ0v) is 11.8. The van der Waals surface area contributed by atoms with Crippen LogP contribution in [0.15, 0.2) is 12.1 Å². The highest BCUT2D eigenvalue weighted by atomic mass is 35.5. The van der Waals surface area contributed by atoms with Crippen LogP contribution < -0.4 is 0 Å². The molecule has 0 bridgehead atoms.